The molecule has 0 aliphatic carbocycles. The second kappa shape index (κ2) is 6.66. The van der Waals surface area contributed by atoms with Crippen LogP contribution in [0.25, 0.3) is 0 Å². The van der Waals surface area contributed by atoms with Crippen molar-refractivity contribution in [1.82, 2.24) is 10.3 Å². The van der Waals surface area contributed by atoms with Gasteiger partial charge in [0, 0.05) is 24.8 Å². The minimum atomic E-state index is -0.147. The fourth-order valence-corrected chi connectivity index (χ4v) is 2.74. The molecular weight excluding hydrogens is 268 g/mol. The number of nitrogens with one attached hydrogen (secondary N) is 1. The number of benzene rings is 1. The highest BCUT2D eigenvalue weighted by molar-refractivity contribution is 7.07. The molecule has 0 aliphatic rings. The van der Waals surface area contributed by atoms with Crippen LogP contribution in [0, 0.1) is 0 Å². The average Bonchev–Trinajstić information content (AvgIpc) is 2.92. The van der Waals surface area contributed by atoms with Gasteiger partial charge in [-0.15, -0.1) is 11.3 Å². The molecule has 1 heterocycles. The van der Waals surface area contributed by atoms with Gasteiger partial charge in [-0.25, -0.2) is 4.98 Å². The van der Waals surface area contributed by atoms with Crippen molar-refractivity contribution in [2.24, 2.45) is 0 Å². The predicted octanol–water partition coefficient (Wildman–Crippen LogP) is 3.17. The molecule has 0 saturated heterocycles. The van der Waals surface area contributed by atoms with E-state index < -0.39 is 0 Å². The third-order valence-corrected chi connectivity index (χ3v) is 3.98. The topological polar surface area (TPSA) is 42.0 Å². The van der Waals surface area contributed by atoms with Gasteiger partial charge in [-0.05, 0) is 11.0 Å². The van der Waals surface area contributed by atoms with Crippen molar-refractivity contribution in [3.63, 3.8) is 0 Å². The van der Waals surface area contributed by atoms with Crippen LogP contribution in [0.2, 0.25) is 0 Å². The number of thiazole rings is 1. The van der Waals surface area contributed by atoms with Gasteiger partial charge in [0.1, 0.15) is 0 Å². The first-order valence-corrected chi connectivity index (χ1v) is 7.71. The lowest BCUT2D eigenvalue weighted by molar-refractivity contribution is -0.122. The van der Waals surface area contributed by atoms with Crippen molar-refractivity contribution in [3.8, 4) is 0 Å². The van der Waals surface area contributed by atoms with E-state index >= 15 is 0 Å². The van der Waals surface area contributed by atoms with E-state index in [1.165, 1.54) is 5.56 Å². The number of rotatable bonds is 6. The van der Waals surface area contributed by atoms with Crippen LogP contribution in [0.4, 0.5) is 0 Å². The largest absolute Gasteiger partial charge is 0.356 e. The summed E-state index contributed by atoms with van der Waals surface area (Å²) in [6, 6.07) is 10.2. The summed E-state index contributed by atoms with van der Waals surface area (Å²) < 4.78 is 0. The summed E-state index contributed by atoms with van der Waals surface area (Å²) >= 11 is 1.58. The summed E-state index contributed by atoms with van der Waals surface area (Å²) in [5.41, 5.74) is 3.90. The molecule has 0 radical (unpaired) electrons. The highest BCUT2D eigenvalue weighted by atomic mass is 32.1. The Morgan fingerprint density at radius 2 is 2.05 bits per heavy atom. The van der Waals surface area contributed by atoms with Crippen molar-refractivity contribution in [2.75, 3.05) is 6.54 Å². The lowest BCUT2D eigenvalue weighted by Crippen LogP contribution is -2.32. The molecule has 0 fully saturated rings. The van der Waals surface area contributed by atoms with E-state index in [1.807, 2.05) is 29.1 Å². The maximum atomic E-state index is 12.0. The Kier molecular flexibility index (Phi) is 4.90. The first-order valence-electron chi connectivity index (χ1n) is 6.77. The first kappa shape index (κ1) is 14.7. The maximum absolute atomic E-state index is 12.0. The van der Waals surface area contributed by atoms with Gasteiger partial charge in [0.15, 0.2) is 0 Å². The van der Waals surface area contributed by atoms with Crippen LogP contribution in [-0.2, 0) is 16.6 Å². The number of hydrogen-bond acceptors (Lipinski definition) is 3. The monoisotopic (exact) mass is 288 g/mol. The van der Waals surface area contributed by atoms with Crippen molar-refractivity contribution >= 4 is 17.2 Å². The molecule has 0 atom stereocenters. The predicted molar refractivity (Wildman–Crippen MR) is 82.9 cm³/mol. The van der Waals surface area contributed by atoms with E-state index in [0.29, 0.717) is 13.0 Å². The van der Waals surface area contributed by atoms with E-state index in [1.54, 1.807) is 11.3 Å². The SMILES string of the molecule is CC(C)(CC(=O)NCCc1cscn1)c1ccccc1. The van der Waals surface area contributed by atoms with Gasteiger partial charge in [0.25, 0.3) is 0 Å². The average molecular weight is 288 g/mol. The zero-order valence-corrected chi connectivity index (χ0v) is 12.7. The molecule has 2 aromatic rings. The van der Waals surface area contributed by atoms with Crippen LogP contribution in [0.5, 0.6) is 0 Å². The summed E-state index contributed by atoms with van der Waals surface area (Å²) in [5, 5.41) is 4.99. The number of amides is 1. The van der Waals surface area contributed by atoms with Crippen LogP contribution >= 0.6 is 11.3 Å². The summed E-state index contributed by atoms with van der Waals surface area (Å²) in [6.45, 7) is 4.85. The molecule has 2 rings (SSSR count). The van der Waals surface area contributed by atoms with E-state index in [2.05, 4.69) is 36.3 Å². The van der Waals surface area contributed by atoms with Crippen LogP contribution in [-0.4, -0.2) is 17.4 Å². The molecule has 1 aromatic heterocycles. The minimum absolute atomic E-state index is 0.0917. The van der Waals surface area contributed by atoms with E-state index in [0.717, 1.165) is 12.1 Å². The third kappa shape index (κ3) is 4.17. The molecule has 3 nitrogen and oxygen atoms in total. The lowest BCUT2D eigenvalue weighted by Gasteiger charge is -2.24. The van der Waals surface area contributed by atoms with Gasteiger partial charge >= 0.3 is 0 Å². The summed E-state index contributed by atoms with van der Waals surface area (Å²) in [5.74, 6) is 0.0917. The molecule has 0 aliphatic heterocycles. The van der Waals surface area contributed by atoms with Gasteiger partial charge in [0.05, 0.1) is 11.2 Å². The lowest BCUT2D eigenvalue weighted by atomic mass is 9.81. The van der Waals surface area contributed by atoms with Gasteiger partial charge in [0.2, 0.25) is 5.91 Å². The van der Waals surface area contributed by atoms with E-state index in [-0.39, 0.29) is 11.3 Å². The number of aromatic nitrogens is 1. The molecule has 0 spiro atoms. The molecule has 1 amide bonds. The summed E-state index contributed by atoms with van der Waals surface area (Å²) in [6.07, 6.45) is 1.29. The smallest absolute Gasteiger partial charge is 0.220 e. The fraction of sp³-hybridized carbons (Fsp3) is 0.375. The zero-order valence-electron chi connectivity index (χ0n) is 11.9. The van der Waals surface area contributed by atoms with Gasteiger partial charge in [-0.3, -0.25) is 4.79 Å². The third-order valence-electron chi connectivity index (χ3n) is 3.34. The fourth-order valence-electron chi connectivity index (χ4n) is 2.15. The van der Waals surface area contributed by atoms with Crippen LogP contribution < -0.4 is 5.32 Å². The molecule has 0 saturated carbocycles. The number of carbonyl (C=O) groups excluding carboxylic acids is 1. The standard InChI is InChI=1S/C16H20N2OS/c1-16(2,13-6-4-3-5-7-13)10-15(19)17-9-8-14-11-20-12-18-14/h3-7,11-12H,8-10H2,1-2H3,(H,17,19). The Morgan fingerprint density at radius 1 is 1.30 bits per heavy atom. The highest BCUT2D eigenvalue weighted by Crippen LogP contribution is 2.26. The molecule has 106 valence electrons. The molecule has 1 aromatic carbocycles. The summed E-state index contributed by atoms with van der Waals surface area (Å²) in [4.78, 5) is 16.2. The number of carbonyl (C=O) groups is 1. The first-order chi connectivity index (χ1) is 9.58. The normalized spacial score (nSPS) is 11.3. The molecule has 0 bridgehead atoms. The van der Waals surface area contributed by atoms with Crippen LogP contribution in [0.15, 0.2) is 41.2 Å². The quantitative estimate of drug-likeness (QED) is 0.887. The Morgan fingerprint density at radius 3 is 2.70 bits per heavy atom. The maximum Gasteiger partial charge on any atom is 0.220 e. The Bertz CT molecular complexity index is 535. The molecular formula is C16H20N2OS. The van der Waals surface area contributed by atoms with Crippen molar-refractivity contribution in [2.45, 2.75) is 32.1 Å². The Balaban J connectivity index is 1.81. The molecule has 4 heteroatoms. The van der Waals surface area contributed by atoms with Crippen molar-refractivity contribution in [1.29, 1.82) is 0 Å². The second-order valence-electron chi connectivity index (χ2n) is 5.51. The van der Waals surface area contributed by atoms with Crippen LogP contribution in [0.1, 0.15) is 31.5 Å². The summed E-state index contributed by atoms with van der Waals surface area (Å²) in [7, 11) is 0. The van der Waals surface area contributed by atoms with Gasteiger partial charge in [-0.1, -0.05) is 44.2 Å². The van der Waals surface area contributed by atoms with E-state index in [9.17, 15) is 4.79 Å². The Labute approximate surface area is 124 Å². The van der Waals surface area contributed by atoms with Crippen LogP contribution in [0.3, 0.4) is 0 Å². The molecule has 20 heavy (non-hydrogen) atoms. The minimum Gasteiger partial charge on any atom is -0.356 e. The number of hydrogen-bond donors (Lipinski definition) is 1. The molecule has 0 unspecified atom stereocenters. The van der Waals surface area contributed by atoms with E-state index in [4.69, 9.17) is 0 Å². The highest BCUT2D eigenvalue weighted by Gasteiger charge is 2.23. The Hall–Kier alpha value is -1.68. The number of nitrogens with zero attached hydrogens (tertiary/aromatic N) is 1. The molecule has 1 N–H and O–H groups in total. The van der Waals surface area contributed by atoms with Gasteiger partial charge < -0.3 is 5.32 Å². The second-order valence-corrected chi connectivity index (χ2v) is 6.23. The zero-order chi connectivity index (χ0) is 14.4. The van der Waals surface area contributed by atoms with Gasteiger partial charge in [-0.2, -0.15) is 0 Å². The van der Waals surface area contributed by atoms with Crippen molar-refractivity contribution < 1.29 is 4.79 Å². The van der Waals surface area contributed by atoms with Crippen molar-refractivity contribution in [3.05, 3.63) is 52.5 Å².